The van der Waals surface area contributed by atoms with Gasteiger partial charge >= 0.3 is 0 Å². The summed E-state index contributed by atoms with van der Waals surface area (Å²) in [6.45, 7) is 2.34. The number of rotatable bonds is 4. The van der Waals surface area contributed by atoms with E-state index in [-0.39, 0.29) is 11.1 Å². The minimum atomic E-state index is -0.235. The van der Waals surface area contributed by atoms with Crippen molar-refractivity contribution in [1.82, 2.24) is 9.36 Å². The van der Waals surface area contributed by atoms with Crippen molar-refractivity contribution in [2.45, 2.75) is 16.5 Å². The summed E-state index contributed by atoms with van der Waals surface area (Å²) in [6.07, 6.45) is 0. The summed E-state index contributed by atoms with van der Waals surface area (Å²) in [7, 11) is 0. The number of halogens is 1. The Morgan fingerprint density at radius 2 is 2.12 bits per heavy atom. The number of nitrogens with two attached hydrogens (primary N) is 1. The third-order valence-corrected chi connectivity index (χ3v) is 4.37. The van der Waals surface area contributed by atoms with Gasteiger partial charge in [0.15, 0.2) is 4.34 Å². The molecule has 0 fully saturated rings. The number of hydrogen-bond donors (Lipinski definition) is 1. The second kappa shape index (κ2) is 5.57. The fourth-order valence-electron chi connectivity index (χ4n) is 1.38. The molecular weight excluding hydrogens is 257 g/mol. The lowest BCUT2D eigenvalue weighted by molar-refractivity contribution is 0.627. The van der Waals surface area contributed by atoms with Gasteiger partial charge in [0.1, 0.15) is 11.6 Å². The normalized spacial score (nSPS) is 12.6. The highest BCUT2D eigenvalue weighted by Gasteiger charge is 2.14. The van der Waals surface area contributed by atoms with Crippen LogP contribution < -0.4 is 5.73 Å². The molecule has 1 heterocycles. The molecule has 17 heavy (non-hydrogen) atoms. The average molecular weight is 269 g/mol. The number of benzene rings is 1. The molecule has 0 saturated heterocycles. The third kappa shape index (κ3) is 3.24. The van der Waals surface area contributed by atoms with Gasteiger partial charge in [-0.05, 0) is 36.2 Å². The molecule has 1 aromatic heterocycles. The lowest BCUT2D eigenvalue weighted by Crippen LogP contribution is -2.09. The first kappa shape index (κ1) is 12.5. The van der Waals surface area contributed by atoms with Gasteiger partial charge in [0.25, 0.3) is 0 Å². The molecule has 0 amide bonds. The maximum absolute atomic E-state index is 12.8. The Hall–Kier alpha value is -0.980. The van der Waals surface area contributed by atoms with Crippen molar-refractivity contribution in [3.63, 3.8) is 0 Å². The smallest absolute Gasteiger partial charge is 0.170 e. The molecule has 1 unspecified atom stereocenters. The Morgan fingerprint density at radius 1 is 1.41 bits per heavy atom. The molecule has 0 aliphatic carbocycles. The summed E-state index contributed by atoms with van der Waals surface area (Å²) in [5, 5.41) is 0.0861. The number of nitrogens with zero attached hydrogens (tertiary/aromatic N) is 2. The molecule has 0 bridgehead atoms. The molecule has 0 aliphatic rings. The fourth-order valence-corrected chi connectivity index (χ4v) is 3.25. The van der Waals surface area contributed by atoms with Gasteiger partial charge < -0.3 is 5.73 Å². The van der Waals surface area contributed by atoms with Crippen molar-refractivity contribution in [2.24, 2.45) is 5.73 Å². The Morgan fingerprint density at radius 3 is 2.65 bits per heavy atom. The standard InChI is InChI=1S/C11H12FN3S2/c1-7-14-11(17-15-7)16-10(6-13)8-2-4-9(12)5-3-8/h2-5,10H,6,13H2,1H3. The van der Waals surface area contributed by atoms with Crippen molar-refractivity contribution < 1.29 is 4.39 Å². The Bertz CT molecular complexity index is 484. The van der Waals surface area contributed by atoms with Gasteiger partial charge in [-0.1, -0.05) is 23.9 Å². The van der Waals surface area contributed by atoms with E-state index >= 15 is 0 Å². The van der Waals surface area contributed by atoms with Crippen LogP contribution in [-0.4, -0.2) is 15.9 Å². The van der Waals surface area contributed by atoms with Crippen LogP contribution in [0.5, 0.6) is 0 Å². The van der Waals surface area contributed by atoms with E-state index < -0.39 is 0 Å². The van der Waals surface area contributed by atoms with Crippen molar-refractivity contribution >= 4 is 23.3 Å². The van der Waals surface area contributed by atoms with E-state index in [2.05, 4.69) is 9.36 Å². The van der Waals surface area contributed by atoms with Crippen molar-refractivity contribution in [2.75, 3.05) is 6.54 Å². The van der Waals surface area contributed by atoms with E-state index in [0.717, 1.165) is 15.7 Å². The van der Waals surface area contributed by atoms with Crippen molar-refractivity contribution in [3.8, 4) is 0 Å². The topological polar surface area (TPSA) is 51.8 Å². The van der Waals surface area contributed by atoms with Crippen LogP contribution in [0.3, 0.4) is 0 Å². The number of aromatic nitrogens is 2. The zero-order chi connectivity index (χ0) is 12.3. The van der Waals surface area contributed by atoms with E-state index in [1.54, 1.807) is 23.9 Å². The van der Waals surface area contributed by atoms with Crippen molar-refractivity contribution in [1.29, 1.82) is 0 Å². The lowest BCUT2D eigenvalue weighted by Gasteiger charge is -2.12. The second-order valence-electron chi connectivity index (χ2n) is 3.50. The summed E-state index contributed by atoms with van der Waals surface area (Å²) in [6, 6.07) is 6.41. The summed E-state index contributed by atoms with van der Waals surface area (Å²) in [4.78, 5) is 4.28. The Balaban J connectivity index is 2.13. The first-order valence-electron chi connectivity index (χ1n) is 5.11. The molecule has 3 nitrogen and oxygen atoms in total. The molecule has 1 aromatic carbocycles. The summed E-state index contributed by atoms with van der Waals surface area (Å²) >= 11 is 2.93. The fraction of sp³-hybridized carbons (Fsp3) is 0.273. The molecule has 2 aromatic rings. The predicted molar refractivity (Wildman–Crippen MR) is 68.7 cm³/mol. The van der Waals surface area contributed by atoms with Gasteiger partial charge in [-0.2, -0.15) is 4.37 Å². The molecular formula is C11H12FN3S2. The first-order chi connectivity index (χ1) is 8.19. The number of hydrogen-bond acceptors (Lipinski definition) is 5. The van der Waals surface area contributed by atoms with Gasteiger partial charge in [0.05, 0.1) is 0 Å². The predicted octanol–water partition coefficient (Wildman–Crippen LogP) is 2.78. The van der Waals surface area contributed by atoms with E-state index in [9.17, 15) is 4.39 Å². The van der Waals surface area contributed by atoms with Crippen LogP contribution in [-0.2, 0) is 0 Å². The molecule has 2 rings (SSSR count). The first-order valence-corrected chi connectivity index (χ1v) is 6.77. The lowest BCUT2D eigenvalue weighted by atomic mass is 10.1. The maximum Gasteiger partial charge on any atom is 0.170 e. The summed E-state index contributed by atoms with van der Waals surface area (Å²) in [5.74, 6) is 0.536. The molecule has 6 heteroatoms. The third-order valence-electron chi connectivity index (χ3n) is 2.21. The summed E-state index contributed by atoms with van der Waals surface area (Å²) < 4.78 is 17.8. The molecule has 0 saturated carbocycles. The SMILES string of the molecule is Cc1nsc(SC(CN)c2ccc(F)cc2)n1. The molecule has 1 atom stereocenters. The van der Waals surface area contributed by atoms with Crippen LogP contribution in [0.1, 0.15) is 16.6 Å². The Labute approximate surface area is 107 Å². The Kier molecular flexibility index (Phi) is 4.09. The van der Waals surface area contributed by atoms with Crippen LogP contribution in [0.2, 0.25) is 0 Å². The minimum absolute atomic E-state index is 0.0861. The van der Waals surface area contributed by atoms with Crippen LogP contribution in [0, 0.1) is 12.7 Å². The van der Waals surface area contributed by atoms with Gasteiger partial charge in [0.2, 0.25) is 0 Å². The van der Waals surface area contributed by atoms with Crippen LogP contribution >= 0.6 is 23.3 Å². The highest BCUT2D eigenvalue weighted by molar-refractivity contribution is 8.01. The van der Waals surface area contributed by atoms with Gasteiger partial charge in [-0.15, -0.1) is 0 Å². The van der Waals surface area contributed by atoms with E-state index in [1.165, 1.54) is 23.7 Å². The van der Waals surface area contributed by atoms with Crippen LogP contribution in [0.4, 0.5) is 4.39 Å². The molecule has 90 valence electrons. The van der Waals surface area contributed by atoms with Crippen LogP contribution in [0.25, 0.3) is 0 Å². The van der Waals surface area contributed by atoms with Crippen LogP contribution in [0.15, 0.2) is 28.6 Å². The highest BCUT2D eigenvalue weighted by atomic mass is 32.2. The minimum Gasteiger partial charge on any atom is -0.329 e. The zero-order valence-corrected chi connectivity index (χ0v) is 10.9. The van der Waals surface area contributed by atoms with E-state index in [1.807, 2.05) is 6.92 Å². The monoisotopic (exact) mass is 269 g/mol. The molecule has 2 N–H and O–H groups in total. The number of aryl methyl sites for hydroxylation is 1. The summed E-state index contributed by atoms with van der Waals surface area (Å²) in [5.41, 5.74) is 6.75. The molecule has 0 radical (unpaired) electrons. The maximum atomic E-state index is 12.8. The van der Waals surface area contributed by atoms with Gasteiger partial charge in [-0.25, -0.2) is 9.37 Å². The molecule has 0 aliphatic heterocycles. The van der Waals surface area contributed by atoms with E-state index in [0.29, 0.717) is 6.54 Å². The second-order valence-corrected chi connectivity index (χ2v) is 5.70. The quantitative estimate of drug-likeness (QED) is 0.867. The van der Waals surface area contributed by atoms with Gasteiger partial charge in [0, 0.05) is 11.8 Å². The van der Waals surface area contributed by atoms with Gasteiger partial charge in [-0.3, -0.25) is 0 Å². The largest absolute Gasteiger partial charge is 0.329 e. The van der Waals surface area contributed by atoms with E-state index in [4.69, 9.17) is 5.73 Å². The highest BCUT2D eigenvalue weighted by Crippen LogP contribution is 2.35. The zero-order valence-electron chi connectivity index (χ0n) is 9.26. The van der Waals surface area contributed by atoms with Crippen molar-refractivity contribution in [3.05, 3.63) is 41.5 Å². The molecule has 0 spiro atoms. The number of thioether (sulfide) groups is 1. The average Bonchev–Trinajstić information content (AvgIpc) is 2.73.